The van der Waals surface area contributed by atoms with Gasteiger partial charge >= 0.3 is 5.97 Å². The van der Waals surface area contributed by atoms with Gasteiger partial charge in [0.15, 0.2) is 0 Å². The molecule has 2 aromatic rings. The van der Waals surface area contributed by atoms with Crippen LogP contribution in [-0.2, 0) is 0 Å². The van der Waals surface area contributed by atoms with Crippen LogP contribution >= 0.6 is 0 Å². The highest BCUT2D eigenvalue weighted by molar-refractivity contribution is 6.04. The van der Waals surface area contributed by atoms with Gasteiger partial charge in [-0.05, 0) is 48.9 Å². The Kier molecular flexibility index (Phi) is 3.79. The Morgan fingerprint density at radius 2 is 1.85 bits per heavy atom. The number of anilines is 1. The van der Waals surface area contributed by atoms with Crippen molar-refractivity contribution in [3.63, 3.8) is 0 Å². The zero-order chi connectivity index (χ0) is 14.7. The van der Waals surface area contributed by atoms with Gasteiger partial charge in [0, 0.05) is 11.3 Å². The van der Waals surface area contributed by atoms with Crippen LogP contribution in [0.5, 0.6) is 0 Å². The second-order valence-electron chi connectivity index (χ2n) is 4.36. The summed E-state index contributed by atoms with van der Waals surface area (Å²) in [5.41, 5.74) is 1.23. The van der Waals surface area contributed by atoms with E-state index in [4.69, 9.17) is 5.11 Å². The molecule has 2 rings (SSSR count). The first-order valence-corrected chi connectivity index (χ1v) is 5.87. The SMILES string of the molecule is Cc1cc(F)cc(C(=O)Nc2cccc(C(=O)O)c2)c1. The van der Waals surface area contributed by atoms with Crippen LogP contribution in [0.4, 0.5) is 10.1 Å². The van der Waals surface area contributed by atoms with Crippen molar-refractivity contribution < 1.29 is 19.1 Å². The molecule has 0 saturated carbocycles. The van der Waals surface area contributed by atoms with Gasteiger partial charge in [-0.25, -0.2) is 9.18 Å². The van der Waals surface area contributed by atoms with Crippen LogP contribution in [0.15, 0.2) is 42.5 Å². The van der Waals surface area contributed by atoms with Crippen molar-refractivity contribution in [3.8, 4) is 0 Å². The summed E-state index contributed by atoms with van der Waals surface area (Å²) in [5, 5.41) is 11.4. The Bertz CT molecular complexity index is 662. The number of hydrogen-bond donors (Lipinski definition) is 2. The molecule has 0 spiro atoms. The fourth-order valence-electron chi connectivity index (χ4n) is 1.80. The fourth-order valence-corrected chi connectivity index (χ4v) is 1.80. The van der Waals surface area contributed by atoms with Gasteiger partial charge in [0.25, 0.3) is 5.91 Å². The molecule has 0 aromatic heterocycles. The number of benzene rings is 2. The van der Waals surface area contributed by atoms with Gasteiger partial charge in [-0.3, -0.25) is 4.79 Å². The zero-order valence-corrected chi connectivity index (χ0v) is 10.7. The number of carbonyl (C=O) groups excluding carboxylic acids is 1. The van der Waals surface area contributed by atoms with Crippen LogP contribution in [0.25, 0.3) is 0 Å². The van der Waals surface area contributed by atoms with Gasteiger partial charge in [-0.15, -0.1) is 0 Å². The molecular weight excluding hydrogens is 261 g/mol. The third kappa shape index (κ3) is 3.20. The third-order valence-electron chi connectivity index (χ3n) is 2.67. The highest BCUT2D eigenvalue weighted by atomic mass is 19.1. The maximum Gasteiger partial charge on any atom is 0.335 e. The molecule has 0 aliphatic carbocycles. The predicted octanol–water partition coefficient (Wildman–Crippen LogP) is 3.08. The van der Waals surface area contributed by atoms with E-state index in [1.165, 1.54) is 24.3 Å². The van der Waals surface area contributed by atoms with Gasteiger partial charge < -0.3 is 10.4 Å². The third-order valence-corrected chi connectivity index (χ3v) is 2.67. The lowest BCUT2D eigenvalue weighted by atomic mass is 10.1. The number of halogens is 1. The molecular formula is C15H12FNO3. The molecule has 102 valence electrons. The topological polar surface area (TPSA) is 66.4 Å². The smallest absolute Gasteiger partial charge is 0.335 e. The summed E-state index contributed by atoms with van der Waals surface area (Å²) in [7, 11) is 0. The van der Waals surface area contributed by atoms with Crippen LogP contribution in [0.3, 0.4) is 0 Å². The minimum atomic E-state index is -1.08. The van der Waals surface area contributed by atoms with Gasteiger partial charge in [0.05, 0.1) is 5.56 Å². The highest BCUT2D eigenvalue weighted by Gasteiger charge is 2.10. The molecule has 4 nitrogen and oxygen atoms in total. The Labute approximate surface area is 114 Å². The first-order chi connectivity index (χ1) is 9.45. The average Bonchev–Trinajstić information content (AvgIpc) is 2.37. The number of nitrogens with one attached hydrogen (secondary N) is 1. The molecule has 20 heavy (non-hydrogen) atoms. The number of aryl methyl sites for hydroxylation is 1. The summed E-state index contributed by atoms with van der Waals surface area (Å²) in [5.74, 6) is -2.06. The summed E-state index contributed by atoms with van der Waals surface area (Å²) in [6.07, 6.45) is 0. The first-order valence-electron chi connectivity index (χ1n) is 5.87. The monoisotopic (exact) mass is 273 g/mol. The van der Waals surface area contributed by atoms with Crippen LogP contribution in [-0.4, -0.2) is 17.0 Å². The maximum atomic E-state index is 13.2. The van der Waals surface area contributed by atoms with Gasteiger partial charge in [-0.1, -0.05) is 6.07 Å². The zero-order valence-electron chi connectivity index (χ0n) is 10.7. The summed E-state index contributed by atoms with van der Waals surface area (Å²) in [4.78, 5) is 22.8. The van der Waals surface area contributed by atoms with Gasteiger partial charge in [-0.2, -0.15) is 0 Å². The molecule has 0 saturated heterocycles. The Morgan fingerprint density at radius 3 is 2.50 bits per heavy atom. The summed E-state index contributed by atoms with van der Waals surface area (Å²) in [6, 6.07) is 9.85. The van der Waals surface area contributed by atoms with Gasteiger partial charge in [0.2, 0.25) is 0 Å². The van der Waals surface area contributed by atoms with Crippen molar-refractivity contribution in [1.82, 2.24) is 0 Å². The van der Waals surface area contributed by atoms with E-state index in [9.17, 15) is 14.0 Å². The quantitative estimate of drug-likeness (QED) is 0.903. The first kappa shape index (κ1) is 13.7. The van der Waals surface area contributed by atoms with Crippen LogP contribution in [0.1, 0.15) is 26.3 Å². The van der Waals surface area contributed by atoms with Crippen molar-refractivity contribution in [3.05, 3.63) is 65.0 Å². The second-order valence-corrected chi connectivity index (χ2v) is 4.36. The van der Waals surface area contributed by atoms with E-state index in [1.807, 2.05) is 0 Å². The standard InChI is InChI=1S/C15H12FNO3/c1-9-5-11(7-12(16)6-9)14(18)17-13-4-2-3-10(8-13)15(19)20/h2-8H,1H3,(H,17,18)(H,19,20). The molecule has 0 atom stereocenters. The minimum Gasteiger partial charge on any atom is -0.478 e. The maximum absolute atomic E-state index is 13.2. The summed E-state index contributed by atoms with van der Waals surface area (Å²) >= 11 is 0. The molecule has 0 aliphatic rings. The highest BCUT2D eigenvalue weighted by Crippen LogP contribution is 2.14. The number of rotatable bonds is 3. The van der Waals surface area contributed by atoms with E-state index in [0.717, 1.165) is 6.07 Å². The lowest BCUT2D eigenvalue weighted by molar-refractivity contribution is 0.0696. The van der Waals surface area contributed by atoms with E-state index in [0.29, 0.717) is 11.3 Å². The predicted molar refractivity (Wildman–Crippen MR) is 72.5 cm³/mol. The lowest BCUT2D eigenvalue weighted by Crippen LogP contribution is -2.13. The van der Waals surface area contributed by atoms with Crippen LogP contribution in [0, 0.1) is 12.7 Å². The van der Waals surface area contributed by atoms with Crippen LogP contribution < -0.4 is 5.32 Å². The van der Waals surface area contributed by atoms with Crippen LogP contribution in [0.2, 0.25) is 0 Å². The average molecular weight is 273 g/mol. The molecule has 1 amide bonds. The Morgan fingerprint density at radius 1 is 1.10 bits per heavy atom. The van der Waals surface area contributed by atoms with Crippen molar-refractivity contribution >= 4 is 17.6 Å². The number of carboxylic acids is 1. The molecule has 2 N–H and O–H groups in total. The molecule has 2 aromatic carbocycles. The number of carboxylic acid groups (broad SMARTS) is 1. The van der Waals surface area contributed by atoms with E-state index in [1.54, 1.807) is 19.1 Å². The van der Waals surface area contributed by atoms with Crippen molar-refractivity contribution in [2.24, 2.45) is 0 Å². The van der Waals surface area contributed by atoms with E-state index in [2.05, 4.69) is 5.32 Å². The molecule has 0 fully saturated rings. The Hall–Kier alpha value is -2.69. The molecule has 0 heterocycles. The molecule has 0 aliphatic heterocycles. The Balaban J connectivity index is 2.23. The number of carbonyl (C=O) groups is 2. The van der Waals surface area contributed by atoms with Crippen molar-refractivity contribution in [2.45, 2.75) is 6.92 Å². The number of amides is 1. The van der Waals surface area contributed by atoms with E-state index >= 15 is 0 Å². The fraction of sp³-hybridized carbons (Fsp3) is 0.0667. The molecule has 0 bridgehead atoms. The summed E-state index contributed by atoms with van der Waals surface area (Å²) in [6.45, 7) is 1.69. The minimum absolute atomic E-state index is 0.0678. The second kappa shape index (κ2) is 5.52. The lowest BCUT2D eigenvalue weighted by Gasteiger charge is -2.07. The van der Waals surface area contributed by atoms with Gasteiger partial charge in [0.1, 0.15) is 5.82 Å². The number of hydrogen-bond acceptors (Lipinski definition) is 2. The van der Waals surface area contributed by atoms with E-state index < -0.39 is 17.7 Å². The largest absolute Gasteiger partial charge is 0.478 e. The molecule has 5 heteroatoms. The molecule has 0 radical (unpaired) electrons. The van der Waals surface area contributed by atoms with Crippen molar-refractivity contribution in [1.29, 1.82) is 0 Å². The van der Waals surface area contributed by atoms with Crippen molar-refractivity contribution in [2.75, 3.05) is 5.32 Å². The summed E-state index contributed by atoms with van der Waals surface area (Å²) < 4.78 is 13.2. The normalized spacial score (nSPS) is 10.1. The number of aromatic carboxylic acids is 1. The molecule has 0 unspecified atom stereocenters. The van der Waals surface area contributed by atoms with E-state index in [-0.39, 0.29) is 11.1 Å².